The molecule has 3 aromatic rings. The molecule has 30 heavy (non-hydrogen) atoms. The van der Waals surface area contributed by atoms with Crippen LogP contribution in [0.2, 0.25) is 10.0 Å². The van der Waals surface area contributed by atoms with Gasteiger partial charge in [0.25, 0.3) is 0 Å². The lowest BCUT2D eigenvalue weighted by atomic mass is 10.1. The number of hydrogen-bond donors (Lipinski definition) is 2. The molecule has 0 saturated heterocycles. The number of halogens is 2. The second kappa shape index (κ2) is 10.7. The lowest BCUT2D eigenvalue weighted by Gasteiger charge is -2.08. The van der Waals surface area contributed by atoms with E-state index in [4.69, 9.17) is 27.9 Å². The van der Waals surface area contributed by atoms with Gasteiger partial charge >= 0.3 is 0 Å². The zero-order valence-electron chi connectivity index (χ0n) is 16.4. The number of ether oxygens (including phenoxy) is 1. The number of anilines is 2. The Bertz CT molecular complexity index is 1020. The molecule has 0 saturated carbocycles. The summed E-state index contributed by atoms with van der Waals surface area (Å²) >= 11 is 12.0. The first-order valence-corrected chi connectivity index (χ1v) is 10.1. The van der Waals surface area contributed by atoms with E-state index in [0.717, 1.165) is 24.5 Å². The van der Waals surface area contributed by atoms with Gasteiger partial charge in [0.05, 0.1) is 19.0 Å². The zero-order chi connectivity index (χ0) is 21.3. The Morgan fingerprint density at radius 2 is 1.90 bits per heavy atom. The van der Waals surface area contributed by atoms with Crippen LogP contribution in [-0.2, 0) is 11.2 Å². The highest BCUT2D eigenvalue weighted by Crippen LogP contribution is 2.22. The van der Waals surface area contributed by atoms with Crippen LogP contribution in [0.3, 0.4) is 0 Å². The van der Waals surface area contributed by atoms with Crippen LogP contribution in [0, 0.1) is 0 Å². The maximum Gasteiger partial charge on any atom is 0.248 e. The Morgan fingerprint density at radius 1 is 1.10 bits per heavy atom. The summed E-state index contributed by atoms with van der Waals surface area (Å²) in [5.41, 5.74) is 2.53. The summed E-state index contributed by atoms with van der Waals surface area (Å²) in [5, 5.41) is 7.06. The molecule has 5 nitrogen and oxygen atoms in total. The molecule has 0 unspecified atom stereocenters. The largest absolute Gasteiger partial charge is 0.497 e. The predicted molar refractivity (Wildman–Crippen MR) is 124 cm³/mol. The van der Waals surface area contributed by atoms with Crippen LogP contribution in [0.1, 0.15) is 11.1 Å². The van der Waals surface area contributed by atoms with Crippen LogP contribution in [0.4, 0.5) is 11.5 Å². The SMILES string of the molecule is COc1ccc(CCNc2ccc(NC(=O)/C=C/c3ccc(Cl)cc3Cl)cn2)cc1. The van der Waals surface area contributed by atoms with Crippen molar-refractivity contribution in [1.82, 2.24) is 4.98 Å². The molecule has 1 heterocycles. The van der Waals surface area contributed by atoms with Gasteiger partial charge in [0.2, 0.25) is 5.91 Å². The van der Waals surface area contributed by atoms with Crippen LogP contribution in [0.15, 0.2) is 66.9 Å². The highest BCUT2D eigenvalue weighted by Gasteiger charge is 2.02. The maximum atomic E-state index is 12.1. The van der Waals surface area contributed by atoms with Gasteiger partial charge in [0.15, 0.2) is 0 Å². The molecule has 1 aromatic heterocycles. The van der Waals surface area contributed by atoms with E-state index in [2.05, 4.69) is 15.6 Å². The lowest BCUT2D eigenvalue weighted by molar-refractivity contribution is -0.111. The molecular weight excluding hydrogens is 421 g/mol. The minimum atomic E-state index is -0.275. The first kappa shape index (κ1) is 21.7. The molecular formula is C23H21Cl2N3O2. The summed E-state index contributed by atoms with van der Waals surface area (Å²) < 4.78 is 5.16. The standard InChI is InChI=1S/C23H21Cl2N3O2/c1-30-20-8-2-16(3-9-20)12-13-26-22-10-7-19(15-27-22)28-23(29)11-5-17-4-6-18(24)14-21(17)25/h2-11,14-15H,12-13H2,1H3,(H,26,27)(H,28,29)/b11-5+. The number of nitrogens with zero attached hydrogens (tertiary/aromatic N) is 1. The van der Waals surface area contributed by atoms with E-state index in [9.17, 15) is 4.79 Å². The van der Waals surface area contributed by atoms with Crippen molar-refractivity contribution in [3.8, 4) is 5.75 Å². The van der Waals surface area contributed by atoms with E-state index in [1.54, 1.807) is 43.6 Å². The van der Waals surface area contributed by atoms with Crippen molar-refractivity contribution in [2.45, 2.75) is 6.42 Å². The average Bonchev–Trinajstić information content (AvgIpc) is 2.75. The smallest absolute Gasteiger partial charge is 0.248 e. The van der Waals surface area contributed by atoms with Crippen LogP contribution in [-0.4, -0.2) is 24.5 Å². The van der Waals surface area contributed by atoms with Crippen molar-refractivity contribution in [3.05, 3.63) is 88.0 Å². The summed E-state index contributed by atoms with van der Waals surface area (Å²) in [6.45, 7) is 0.746. The van der Waals surface area contributed by atoms with Gasteiger partial charge in [-0.1, -0.05) is 41.4 Å². The van der Waals surface area contributed by atoms with Gasteiger partial charge in [-0.05, 0) is 60.0 Å². The van der Waals surface area contributed by atoms with E-state index in [1.165, 1.54) is 11.6 Å². The summed E-state index contributed by atoms with van der Waals surface area (Å²) in [5.74, 6) is 1.31. The third-order valence-corrected chi connectivity index (χ3v) is 4.85. The van der Waals surface area contributed by atoms with E-state index in [1.807, 2.05) is 30.3 Å². The van der Waals surface area contributed by atoms with Gasteiger partial charge in [0, 0.05) is 22.7 Å². The molecule has 0 spiro atoms. The van der Waals surface area contributed by atoms with E-state index in [-0.39, 0.29) is 5.91 Å². The van der Waals surface area contributed by atoms with Crippen molar-refractivity contribution in [2.24, 2.45) is 0 Å². The molecule has 0 fully saturated rings. The number of rotatable bonds is 8. The summed E-state index contributed by atoms with van der Waals surface area (Å²) in [4.78, 5) is 16.4. The minimum Gasteiger partial charge on any atom is -0.497 e. The fourth-order valence-corrected chi connectivity index (χ4v) is 3.16. The normalized spacial score (nSPS) is 10.8. The number of nitrogens with one attached hydrogen (secondary N) is 2. The van der Waals surface area contributed by atoms with E-state index in [0.29, 0.717) is 21.3 Å². The van der Waals surface area contributed by atoms with Crippen molar-refractivity contribution >= 4 is 46.7 Å². The molecule has 0 bridgehead atoms. The van der Waals surface area contributed by atoms with Crippen LogP contribution in [0.25, 0.3) is 6.08 Å². The number of carbonyl (C=O) groups excluding carboxylic acids is 1. The molecule has 0 aliphatic rings. The molecule has 0 atom stereocenters. The van der Waals surface area contributed by atoms with Crippen molar-refractivity contribution in [1.29, 1.82) is 0 Å². The van der Waals surface area contributed by atoms with Gasteiger partial charge in [0.1, 0.15) is 11.6 Å². The van der Waals surface area contributed by atoms with Crippen molar-refractivity contribution in [3.63, 3.8) is 0 Å². The summed E-state index contributed by atoms with van der Waals surface area (Å²) in [6.07, 6.45) is 5.52. The Hall–Kier alpha value is -3.02. The number of amides is 1. The quantitative estimate of drug-likeness (QED) is 0.439. The third-order valence-electron chi connectivity index (χ3n) is 4.29. The number of hydrogen-bond acceptors (Lipinski definition) is 4. The molecule has 0 aliphatic carbocycles. The number of carbonyl (C=O) groups is 1. The zero-order valence-corrected chi connectivity index (χ0v) is 17.9. The first-order chi connectivity index (χ1) is 14.5. The average molecular weight is 442 g/mol. The number of methoxy groups -OCH3 is 1. The molecule has 3 rings (SSSR count). The van der Waals surface area contributed by atoms with Gasteiger partial charge in [-0.15, -0.1) is 0 Å². The highest BCUT2D eigenvalue weighted by molar-refractivity contribution is 6.35. The monoisotopic (exact) mass is 441 g/mol. The Labute approximate surface area is 185 Å². The fraction of sp³-hybridized carbons (Fsp3) is 0.130. The second-order valence-corrected chi connectivity index (χ2v) is 7.29. The predicted octanol–water partition coefficient (Wildman–Crippen LogP) is 5.70. The highest BCUT2D eigenvalue weighted by atomic mass is 35.5. The number of pyridine rings is 1. The number of aromatic nitrogens is 1. The Morgan fingerprint density at radius 3 is 2.57 bits per heavy atom. The second-order valence-electron chi connectivity index (χ2n) is 6.45. The van der Waals surface area contributed by atoms with Crippen molar-refractivity contribution in [2.75, 3.05) is 24.3 Å². The molecule has 2 aromatic carbocycles. The minimum absolute atomic E-state index is 0.275. The van der Waals surface area contributed by atoms with Crippen molar-refractivity contribution < 1.29 is 9.53 Å². The molecule has 0 aliphatic heterocycles. The van der Waals surface area contributed by atoms with Gasteiger partial charge in [-0.3, -0.25) is 4.79 Å². The Kier molecular flexibility index (Phi) is 7.71. The third kappa shape index (κ3) is 6.51. The lowest BCUT2D eigenvalue weighted by Crippen LogP contribution is -2.09. The van der Waals surface area contributed by atoms with Gasteiger partial charge < -0.3 is 15.4 Å². The number of benzene rings is 2. The summed E-state index contributed by atoms with van der Waals surface area (Å²) in [7, 11) is 1.65. The summed E-state index contributed by atoms with van der Waals surface area (Å²) in [6, 6.07) is 16.7. The van der Waals surface area contributed by atoms with Crippen LogP contribution in [0.5, 0.6) is 5.75 Å². The fourth-order valence-electron chi connectivity index (χ4n) is 2.69. The molecule has 7 heteroatoms. The molecule has 1 amide bonds. The molecule has 154 valence electrons. The van der Waals surface area contributed by atoms with Crippen LogP contribution < -0.4 is 15.4 Å². The van der Waals surface area contributed by atoms with E-state index >= 15 is 0 Å². The maximum absolute atomic E-state index is 12.1. The molecule has 2 N–H and O–H groups in total. The topological polar surface area (TPSA) is 63.2 Å². The first-order valence-electron chi connectivity index (χ1n) is 9.30. The van der Waals surface area contributed by atoms with Crippen LogP contribution >= 0.6 is 23.2 Å². The van der Waals surface area contributed by atoms with E-state index < -0.39 is 0 Å². The van der Waals surface area contributed by atoms with Gasteiger partial charge in [-0.25, -0.2) is 4.98 Å². The Balaban J connectivity index is 1.47. The van der Waals surface area contributed by atoms with Gasteiger partial charge in [-0.2, -0.15) is 0 Å². The molecule has 0 radical (unpaired) electrons.